The molecule has 0 saturated carbocycles. The average Bonchev–Trinajstić information content (AvgIpc) is 2.92. The normalized spacial score (nSPS) is 10.8. The highest BCUT2D eigenvalue weighted by Gasteiger charge is 2.16. The van der Waals surface area contributed by atoms with E-state index in [9.17, 15) is 13.2 Å². The molecule has 0 aromatic heterocycles. The summed E-state index contributed by atoms with van der Waals surface area (Å²) in [5.74, 6) is -1.70. The first kappa shape index (κ1) is 26.1. The molecule has 0 saturated heterocycles. The Balaban J connectivity index is 1.40. The summed E-state index contributed by atoms with van der Waals surface area (Å²) in [5, 5.41) is 0. The van der Waals surface area contributed by atoms with E-state index in [4.69, 9.17) is 14.2 Å². The molecule has 0 aliphatic heterocycles. The van der Waals surface area contributed by atoms with Gasteiger partial charge in [-0.2, -0.15) is 4.39 Å². The van der Waals surface area contributed by atoms with Crippen LogP contribution >= 0.6 is 0 Å². The summed E-state index contributed by atoms with van der Waals surface area (Å²) in [7, 11) is 0. The van der Waals surface area contributed by atoms with Gasteiger partial charge >= 0.3 is 0 Å². The SMILES string of the molecule is CCCCOc1ccc(-c2ccc(OCc3ccc(-c4ccc(OCC)c(F)c4)cc3)c(F)c2F)cc1. The van der Waals surface area contributed by atoms with Gasteiger partial charge in [-0.1, -0.05) is 55.8 Å². The molecule has 0 amide bonds. The van der Waals surface area contributed by atoms with Gasteiger partial charge in [0.2, 0.25) is 5.82 Å². The monoisotopic (exact) mass is 506 g/mol. The molecule has 3 nitrogen and oxygen atoms in total. The van der Waals surface area contributed by atoms with Gasteiger partial charge in [-0.15, -0.1) is 0 Å². The minimum atomic E-state index is -1.04. The second kappa shape index (κ2) is 12.3. The standard InChI is InChI=1S/C31H29F3O3/c1-3-5-18-36-25-13-10-23(11-14-25)26-15-17-29(31(34)30(26)33)37-20-21-6-8-22(9-7-21)24-12-16-28(35-4-2)27(32)19-24/h6-17,19H,3-5,18,20H2,1-2H3. The quantitative estimate of drug-likeness (QED) is 0.191. The number of hydrogen-bond acceptors (Lipinski definition) is 3. The molecule has 0 aliphatic carbocycles. The van der Waals surface area contributed by atoms with Crippen molar-refractivity contribution in [2.75, 3.05) is 13.2 Å². The summed E-state index contributed by atoms with van der Waals surface area (Å²) in [6, 6.07) is 21.9. The van der Waals surface area contributed by atoms with Gasteiger partial charge in [0.05, 0.1) is 13.2 Å². The maximum absolute atomic E-state index is 14.8. The molecule has 4 aromatic rings. The third-order valence-corrected chi connectivity index (χ3v) is 5.89. The largest absolute Gasteiger partial charge is 0.494 e. The first-order valence-corrected chi connectivity index (χ1v) is 12.4. The van der Waals surface area contributed by atoms with Gasteiger partial charge in [0, 0.05) is 5.56 Å². The molecule has 0 spiro atoms. The van der Waals surface area contributed by atoms with E-state index in [1.807, 2.05) is 12.1 Å². The maximum Gasteiger partial charge on any atom is 0.201 e. The number of rotatable bonds is 11. The van der Waals surface area contributed by atoms with Gasteiger partial charge < -0.3 is 14.2 Å². The lowest BCUT2D eigenvalue weighted by Crippen LogP contribution is -2.00. The summed E-state index contributed by atoms with van der Waals surface area (Å²) in [5.41, 5.74) is 2.98. The van der Waals surface area contributed by atoms with Gasteiger partial charge in [-0.05, 0) is 72.0 Å². The van der Waals surface area contributed by atoms with Crippen LogP contribution in [0, 0.1) is 17.5 Å². The van der Waals surface area contributed by atoms with E-state index in [0.717, 1.165) is 24.0 Å². The fourth-order valence-electron chi connectivity index (χ4n) is 3.84. The first-order valence-electron chi connectivity index (χ1n) is 12.4. The van der Waals surface area contributed by atoms with Crippen LogP contribution in [0.2, 0.25) is 0 Å². The smallest absolute Gasteiger partial charge is 0.201 e. The lowest BCUT2D eigenvalue weighted by atomic mass is 10.0. The van der Waals surface area contributed by atoms with Crippen molar-refractivity contribution < 1.29 is 27.4 Å². The van der Waals surface area contributed by atoms with E-state index in [0.29, 0.717) is 30.1 Å². The predicted octanol–water partition coefficient (Wildman–Crippen LogP) is 8.59. The molecule has 0 unspecified atom stereocenters. The molecule has 0 radical (unpaired) electrons. The van der Waals surface area contributed by atoms with Gasteiger partial charge in [0.25, 0.3) is 0 Å². The van der Waals surface area contributed by atoms with E-state index < -0.39 is 17.5 Å². The van der Waals surface area contributed by atoms with E-state index in [-0.39, 0.29) is 23.7 Å². The molecule has 4 rings (SSSR count). The van der Waals surface area contributed by atoms with Crippen molar-refractivity contribution in [2.45, 2.75) is 33.3 Å². The molecule has 4 aromatic carbocycles. The Morgan fingerprint density at radius 2 is 1.30 bits per heavy atom. The van der Waals surface area contributed by atoms with Crippen LogP contribution in [0.15, 0.2) is 78.9 Å². The van der Waals surface area contributed by atoms with Crippen molar-refractivity contribution in [3.8, 4) is 39.5 Å². The van der Waals surface area contributed by atoms with Crippen LogP contribution in [0.3, 0.4) is 0 Å². The highest BCUT2D eigenvalue weighted by Crippen LogP contribution is 2.32. The van der Waals surface area contributed by atoms with Gasteiger partial charge in [0.15, 0.2) is 23.1 Å². The Morgan fingerprint density at radius 1 is 0.622 bits per heavy atom. The zero-order valence-electron chi connectivity index (χ0n) is 20.9. The van der Waals surface area contributed by atoms with Crippen molar-refractivity contribution in [3.05, 3.63) is 102 Å². The van der Waals surface area contributed by atoms with Crippen LogP contribution in [0.25, 0.3) is 22.3 Å². The Labute approximate surface area is 215 Å². The van der Waals surface area contributed by atoms with Crippen LogP contribution in [-0.4, -0.2) is 13.2 Å². The molecule has 0 heterocycles. The number of hydrogen-bond donors (Lipinski definition) is 0. The molecule has 37 heavy (non-hydrogen) atoms. The Bertz CT molecular complexity index is 1320. The Kier molecular flexibility index (Phi) is 8.72. The molecule has 0 aliphatic rings. The molecule has 0 atom stereocenters. The molecular weight excluding hydrogens is 477 g/mol. The van der Waals surface area contributed by atoms with E-state index >= 15 is 0 Å². The van der Waals surface area contributed by atoms with Crippen LogP contribution in [0.1, 0.15) is 32.3 Å². The van der Waals surface area contributed by atoms with Crippen molar-refractivity contribution in [3.63, 3.8) is 0 Å². The van der Waals surface area contributed by atoms with Crippen LogP contribution in [0.4, 0.5) is 13.2 Å². The lowest BCUT2D eigenvalue weighted by molar-refractivity contribution is 0.285. The third kappa shape index (κ3) is 6.45. The average molecular weight is 507 g/mol. The zero-order valence-corrected chi connectivity index (χ0v) is 20.9. The first-order chi connectivity index (χ1) is 18.0. The van der Waals surface area contributed by atoms with Crippen LogP contribution in [-0.2, 0) is 6.61 Å². The molecule has 0 fully saturated rings. The predicted molar refractivity (Wildman–Crippen MR) is 140 cm³/mol. The Hall–Kier alpha value is -3.93. The van der Waals surface area contributed by atoms with Gasteiger partial charge in [-0.25, -0.2) is 8.78 Å². The molecule has 0 N–H and O–H groups in total. The van der Waals surface area contributed by atoms with Crippen molar-refractivity contribution >= 4 is 0 Å². The van der Waals surface area contributed by atoms with Crippen LogP contribution < -0.4 is 14.2 Å². The Morgan fingerprint density at radius 3 is 1.97 bits per heavy atom. The van der Waals surface area contributed by atoms with Crippen LogP contribution in [0.5, 0.6) is 17.2 Å². The topological polar surface area (TPSA) is 27.7 Å². The maximum atomic E-state index is 14.8. The summed E-state index contributed by atoms with van der Waals surface area (Å²) in [4.78, 5) is 0. The zero-order chi connectivity index (χ0) is 26.2. The number of benzene rings is 4. The van der Waals surface area contributed by atoms with Gasteiger partial charge in [-0.3, -0.25) is 0 Å². The summed E-state index contributed by atoms with van der Waals surface area (Å²) in [6.45, 7) is 4.94. The minimum absolute atomic E-state index is 0.0530. The van der Waals surface area contributed by atoms with E-state index in [1.54, 1.807) is 55.5 Å². The third-order valence-electron chi connectivity index (χ3n) is 5.89. The van der Waals surface area contributed by atoms with E-state index in [1.165, 1.54) is 18.2 Å². The molecule has 192 valence electrons. The lowest BCUT2D eigenvalue weighted by Gasteiger charge is -2.12. The van der Waals surface area contributed by atoms with E-state index in [2.05, 4.69) is 6.92 Å². The fourth-order valence-corrected chi connectivity index (χ4v) is 3.84. The molecule has 6 heteroatoms. The van der Waals surface area contributed by atoms with Crippen molar-refractivity contribution in [1.29, 1.82) is 0 Å². The number of ether oxygens (including phenoxy) is 3. The second-order valence-electron chi connectivity index (χ2n) is 8.53. The summed E-state index contributed by atoms with van der Waals surface area (Å²) in [6.07, 6.45) is 1.99. The molecule has 0 bridgehead atoms. The number of halogens is 3. The van der Waals surface area contributed by atoms with Crippen molar-refractivity contribution in [2.24, 2.45) is 0 Å². The summed E-state index contributed by atoms with van der Waals surface area (Å²) >= 11 is 0. The minimum Gasteiger partial charge on any atom is -0.494 e. The summed E-state index contributed by atoms with van der Waals surface area (Å²) < 4.78 is 60.2. The second-order valence-corrected chi connectivity index (χ2v) is 8.53. The fraction of sp³-hybridized carbons (Fsp3) is 0.226. The van der Waals surface area contributed by atoms with Gasteiger partial charge in [0.1, 0.15) is 12.4 Å². The highest BCUT2D eigenvalue weighted by atomic mass is 19.2. The highest BCUT2D eigenvalue weighted by molar-refractivity contribution is 5.66. The van der Waals surface area contributed by atoms with Crippen molar-refractivity contribution in [1.82, 2.24) is 0 Å². The molecular formula is C31H29F3O3. The number of unbranched alkanes of at least 4 members (excludes halogenated alkanes) is 1.